The average molecular weight is 436 g/mol. The quantitative estimate of drug-likeness (QED) is 0.466. The number of benzene rings is 3. The number of anilines is 1. The molecular formula is C26H23Cl2NO. The molecule has 3 aliphatic rings. The van der Waals surface area contributed by atoms with Gasteiger partial charge in [-0.1, -0.05) is 85.6 Å². The number of amides is 1. The van der Waals surface area contributed by atoms with Gasteiger partial charge < -0.3 is 5.32 Å². The topological polar surface area (TPSA) is 29.1 Å². The summed E-state index contributed by atoms with van der Waals surface area (Å²) in [5.74, 6) is 0.724. The molecule has 2 atom stereocenters. The first-order chi connectivity index (χ1) is 14.5. The Morgan fingerprint density at radius 1 is 0.800 bits per heavy atom. The number of carbonyl (C=O) groups is 1. The van der Waals surface area contributed by atoms with E-state index in [1.165, 1.54) is 22.3 Å². The second-order valence-electron chi connectivity index (χ2n) is 8.71. The molecule has 3 aromatic carbocycles. The van der Waals surface area contributed by atoms with Gasteiger partial charge in [-0.3, -0.25) is 4.79 Å². The van der Waals surface area contributed by atoms with Crippen molar-refractivity contribution in [3.8, 4) is 0 Å². The SMILES string of the molecule is CC(C)[C@H]1C2c3ccccc3C(c3ccccc32)[C@H]1C(=O)Nc1cc(Cl)cc(Cl)c1. The van der Waals surface area contributed by atoms with Gasteiger partial charge >= 0.3 is 0 Å². The average Bonchev–Trinajstić information content (AvgIpc) is 2.72. The first-order valence-electron chi connectivity index (χ1n) is 10.4. The van der Waals surface area contributed by atoms with Crippen LogP contribution in [0.5, 0.6) is 0 Å². The van der Waals surface area contributed by atoms with Crippen LogP contribution >= 0.6 is 23.2 Å². The van der Waals surface area contributed by atoms with Crippen LogP contribution in [0.1, 0.15) is 47.9 Å². The number of hydrogen-bond donors (Lipinski definition) is 1. The normalized spacial score (nSPS) is 23.8. The van der Waals surface area contributed by atoms with Gasteiger partial charge in [0.1, 0.15) is 0 Å². The summed E-state index contributed by atoms with van der Waals surface area (Å²) in [5.41, 5.74) is 5.94. The summed E-state index contributed by atoms with van der Waals surface area (Å²) in [6.45, 7) is 4.46. The van der Waals surface area contributed by atoms with Crippen LogP contribution in [0.25, 0.3) is 0 Å². The van der Waals surface area contributed by atoms with Crippen LogP contribution in [0.2, 0.25) is 10.0 Å². The van der Waals surface area contributed by atoms with Crippen molar-refractivity contribution in [2.45, 2.75) is 25.7 Å². The van der Waals surface area contributed by atoms with Crippen molar-refractivity contribution in [2.75, 3.05) is 5.32 Å². The lowest BCUT2D eigenvalue weighted by Gasteiger charge is -2.51. The van der Waals surface area contributed by atoms with Crippen LogP contribution in [-0.2, 0) is 4.79 Å². The Bertz CT molecular complexity index is 1070. The van der Waals surface area contributed by atoms with Gasteiger partial charge in [-0.05, 0) is 52.3 Å². The van der Waals surface area contributed by atoms with E-state index in [-0.39, 0.29) is 29.6 Å². The van der Waals surface area contributed by atoms with Crippen LogP contribution in [0.15, 0.2) is 66.7 Å². The molecule has 0 saturated carbocycles. The molecule has 30 heavy (non-hydrogen) atoms. The van der Waals surface area contributed by atoms with Crippen molar-refractivity contribution in [3.63, 3.8) is 0 Å². The maximum absolute atomic E-state index is 13.7. The fourth-order valence-electron chi connectivity index (χ4n) is 5.70. The third-order valence-electron chi connectivity index (χ3n) is 6.69. The van der Waals surface area contributed by atoms with Crippen molar-refractivity contribution >= 4 is 34.8 Å². The predicted octanol–water partition coefficient (Wildman–Crippen LogP) is 7.11. The molecule has 6 rings (SSSR count). The Balaban J connectivity index is 1.63. The van der Waals surface area contributed by atoms with Crippen LogP contribution in [-0.4, -0.2) is 5.91 Å². The molecule has 3 aromatic rings. The number of hydrogen-bond acceptors (Lipinski definition) is 1. The fraction of sp³-hybridized carbons (Fsp3) is 0.269. The molecule has 3 aliphatic carbocycles. The van der Waals surface area contributed by atoms with Crippen molar-refractivity contribution in [2.24, 2.45) is 17.8 Å². The summed E-state index contributed by atoms with van der Waals surface area (Å²) < 4.78 is 0. The zero-order valence-corrected chi connectivity index (χ0v) is 18.4. The minimum atomic E-state index is -0.155. The van der Waals surface area contributed by atoms with Crippen LogP contribution < -0.4 is 5.32 Å². The van der Waals surface area contributed by atoms with E-state index >= 15 is 0 Å². The molecule has 152 valence electrons. The lowest BCUT2D eigenvalue weighted by molar-refractivity contribution is -0.123. The van der Waals surface area contributed by atoms with Gasteiger partial charge in [0, 0.05) is 27.6 Å². The zero-order valence-electron chi connectivity index (χ0n) is 16.9. The Morgan fingerprint density at radius 3 is 1.73 bits per heavy atom. The van der Waals surface area contributed by atoms with Gasteiger partial charge in [-0.2, -0.15) is 0 Å². The van der Waals surface area contributed by atoms with Crippen molar-refractivity contribution in [3.05, 3.63) is 99.0 Å². The first-order valence-corrected chi connectivity index (χ1v) is 11.2. The molecular weight excluding hydrogens is 413 g/mol. The Kier molecular flexibility index (Phi) is 4.88. The molecule has 2 bridgehead atoms. The van der Waals surface area contributed by atoms with Crippen LogP contribution in [0, 0.1) is 17.8 Å². The third-order valence-corrected chi connectivity index (χ3v) is 7.13. The molecule has 4 heteroatoms. The zero-order chi connectivity index (χ0) is 21.0. The predicted molar refractivity (Wildman–Crippen MR) is 123 cm³/mol. The summed E-state index contributed by atoms with van der Waals surface area (Å²) >= 11 is 12.3. The number of carbonyl (C=O) groups excluding carboxylic acids is 1. The van der Waals surface area contributed by atoms with E-state index in [1.807, 2.05) is 0 Å². The third kappa shape index (κ3) is 3.05. The van der Waals surface area contributed by atoms with Gasteiger partial charge in [-0.15, -0.1) is 0 Å². The van der Waals surface area contributed by atoms with Crippen molar-refractivity contribution < 1.29 is 4.79 Å². The van der Waals surface area contributed by atoms with E-state index in [9.17, 15) is 4.79 Å². The first kappa shape index (κ1) is 19.7. The molecule has 1 amide bonds. The number of fused-ring (bicyclic) bond motifs is 1. The summed E-state index contributed by atoms with van der Waals surface area (Å²) in [6, 6.07) is 22.4. The maximum atomic E-state index is 13.7. The highest BCUT2D eigenvalue weighted by Gasteiger charge is 2.53. The van der Waals surface area contributed by atoms with E-state index in [1.54, 1.807) is 18.2 Å². The highest BCUT2D eigenvalue weighted by Crippen LogP contribution is 2.60. The monoisotopic (exact) mass is 435 g/mol. The van der Waals surface area contributed by atoms with E-state index in [0.29, 0.717) is 21.7 Å². The maximum Gasteiger partial charge on any atom is 0.228 e. The number of rotatable bonds is 3. The Morgan fingerprint density at radius 2 is 1.27 bits per heavy atom. The second-order valence-corrected chi connectivity index (χ2v) is 9.58. The highest BCUT2D eigenvalue weighted by molar-refractivity contribution is 6.35. The molecule has 1 N–H and O–H groups in total. The molecule has 0 radical (unpaired) electrons. The number of nitrogens with one attached hydrogen (secondary N) is 1. The van der Waals surface area contributed by atoms with E-state index in [2.05, 4.69) is 67.7 Å². The molecule has 0 aliphatic heterocycles. The van der Waals surface area contributed by atoms with Gasteiger partial charge in [0.25, 0.3) is 0 Å². The molecule has 0 fully saturated rings. The largest absolute Gasteiger partial charge is 0.326 e. The van der Waals surface area contributed by atoms with Crippen molar-refractivity contribution in [1.82, 2.24) is 0 Å². The summed E-state index contributed by atoms with van der Waals surface area (Å²) in [5, 5.41) is 4.14. The van der Waals surface area contributed by atoms with E-state index < -0.39 is 0 Å². The van der Waals surface area contributed by atoms with Crippen LogP contribution in [0.4, 0.5) is 5.69 Å². The van der Waals surface area contributed by atoms with Crippen molar-refractivity contribution in [1.29, 1.82) is 0 Å². The number of halogens is 2. The Labute approximate surface area is 187 Å². The summed E-state index contributed by atoms with van der Waals surface area (Å²) in [6.07, 6.45) is 0. The van der Waals surface area contributed by atoms with Gasteiger partial charge in [0.2, 0.25) is 5.91 Å². The molecule has 2 nitrogen and oxygen atoms in total. The minimum Gasteiger partial charge on any atom is -0.326 e. The molecule has 0 unspecified atom stereocenters. The molecule has 0 aromatic heterocycles. The lowest BCUT2D eigenvalue weighted by atomic mass is 9.52. The minimum absolute atomic E-state index is 0.0334. The standard InChI is InChI=1S/C26H23Cl2NO/c1-14(2)22-23-18-7-3-5-9-20(18)24(21-10-6-4-8-19(21)23)25(22)26(30)29-17-12-15(27)11-16(28)13-17/h3-14,22-25H,1-2H3,(H,29,30)/t22-,23?,24?,25-/m0/s1. The van der Waals surface area contributed by atoms with Gasteiger partial charge in [0.15, 0.2) is 0 Å². The lowest BCUT2D eigenvalue weighted by Crippen LogP contribution is -2.47. The van der Waals surface area contributed by atoms with Gasteiger partial charge in [-0.25, -0.2) is 0 Å². The molecule has 0 spiro atoms. The summed E-state index contributed by atoms with van der Waals surface area (Å²) in [4.78, 5) is 13.7. The van der Waals surface area contributed by atoms with E-state index in [0.717, 1.165) is 0 Å². The smallest absolute Gasteiger partial charge is 0.228 e. The highest BCUT2D eigenvalue weighted by atomic mass is 35.5. The van der Waals surface area contributed by atoms with Crippen LogP contribution in [0.3, 0.4) is 0 Å². The molecule has 0 heterocycles. The van der Waals surface area contributed by atoms with E-state index in [4.69, 9.17) is 23.2 Å². The van der Waals surface area contributed by atoms with Gasteiger partial charge in [0.05, 0.1) is 5.92 Å². The second kappa shape index (κ2) is 7.44. The summed E-state index contributed by atoms with van der Waals surface area (Å²) in [7, 11) is 0. The Hall–Kier alpha value is -2.29. The molecule has 0 saturated heterocycles. The fourth-order valence-corrected chi connectivity index (χ4v) is 6.22.